The lowest BCUT2D eigenvalue weighted by Gasteiger charge is -2.40. The minimum absolute atomic E-state index is 0.00392. The Balaban J connectivity index is 0.686. The number of unbranched alkanes of at least 4 members (excludes halogenated alkanes) is 3. The summed E-state index contributed by atoms with van der Waals surface area (Å²) in [4.78, 5) is 74.9. The molecule has 6 aliphatic rings. The van der Waals surface area contributed by atoms with Crippen molar-refractivity contribution in [3.8, 4) is 0 Å². The van der Waals surface area contributed by atoms with E-state index in [1.165, 1.54) is 17.3 Å². The topological polar surface area (TPSA) is 224 Å². The number of carboxylic acids is 1. The maximum absolute atomic E-state index is 13.7. The summed E-state index contributed by atoms with van der Waals surface area (Å²) in [5.74, 6) is -1.50. The van der Waals surface area contributed by atoms with Crippen molar-refractivity contribution in [1.82, 2.24) is 10.6 Å². The van der Waals surface area contributed by atoms with Gasteiger partial charge in [-0.1, -0.05) is 49.7 Å². The summed E-state index contributed by atoms with van der Waals surface area (Å²) in [6.07, 6.45) is 12.0. The molecule has 4 aromatic rings. The molecule has 3 fully saturated rings. The van der Waals surface area contributed by atoms with Crippen molar-refractivity contribution in [1.29, 1.82) is 0 Å². The van der Waals surface area contributed by atoms with E-state index in [1.807, 2.05) is 36.1 Å². The molecule has 20 heteroatoms. The van der Waals surface area contributed by atoms with Crippen molar-refractivity contribution in [3.63, 3.8) is 0 Å². The molecule has 1 atom stereocenters. The average Bonchev–Trinajstić information content (AvgIpc) is 2.75. The van der Waals surface area contributed by atoms with Gasteiger partial charge in [0.1, 0.15) is 13.9 Å². The highest BCUT2D eigenvalue weighted by atomic mass is 35.5. The van der Waals surface area contributed by atoms with E-state index in [4.69, 9.17) is 35.5 Å². The minimum atomic E-state index is -2.46. The van der Waals surface area contributed by atoms with E-state index in [0.717, 1.165) is 89.7 Å². The van der Waals surface area contributed by atoms with Crippen LogP contribution in [0.4, 0.5) is 22.7 Å². The van der Waals surface area contributed by atoms with Gasteiger partial charge in [0.25, 0.3) is 5.91 Å². The Kier molecular flexibility index (Phi) is 19.7. The van der Waals surface area contributed by atoms with Gasteiger partial charge in [-0.25, -0.2) is 9.57 Å². The van der Waals surface area contributed by atoms with Gasteiger partial charge in [-0.05, 0) is 126 Å². The first-order valence-electron chi connectivity index (χ1n) is 29.7. The molecular weight excluding hydrogens is 1120 g/mol. The second kappa shape index (κ2) is 27.5. The quantitative estimate of drug-likeness (QED) is 0.0221. The number of aryl methyl sites for hydroxylation is 1. The van der Waals surface area contributed by atoms with Gasteiger partial charge in [0.2, 0.25) is 17.6 Å². The van der Waals surface area contributed by atoms with Crippen LogP contribution in [0.15, 0.2) is 113 Å². The van der Waals surface area contributed by atoms with Gasteiger partial charge in [-0.2, -0.15) is 0 Å². The van der Waals surface area contributed by atoms with Gasteiger partial charge >= 0.3 is 0 Å². The third-order valence-electron chi connectivity index (χ3n) is 16.8. The van der Waals surface area contributed by atoms with E-state index in [2.05, 4.69) is 68.9 Å². The van der Waals surface area contributed by atoms with Crippen LogP contribution in [-0.2, 0) is 28.5 Å². The molecule has 0 spiro atoms. The number of ketones is 1. The number of anilines is 3. The Morgan fingerprint density at radius 3 is 2.20 bits per heavy atom. The lowest BCUT2D eigenvalue weighted by molar-refractivity contribution is -0.596. The summed E-state index contributed by atoms with van der Waals surface area (Å²) < 4.78 is 24.9. The summed E-state index contributed by atoms with van der Waals surface area (Å²) in [5.41, 5.74) is 7.02. The smallest absolute Gasteiger partial charge is 0.251 e. The molecule has 3 saturated heterocycles. The standard InChI is InChI=1S/C65H76ClN7O11Si/c1-43-9-20-55-54(37-43)60(75)65(80)22-28-73(64(65)70-55)47-13-11-46(12-14-47)69-58(74)21-30-82-34-36-84-32-25-68-62(77)45-41-72(42-45)49-16-19-52-57(40-49)85(2,3)56-39-48(71-26-8-27-71)15-18-51(56)59(52)53-38-44(10-17-50(53)63(78)79)61(76)67-24-31-83-35-33-81-29-7-5-4-6-23-66/h9-20,37-40,45,80H,4-8,21-36,41-42H2,1-3H3,(H3-,67,68,69,74,76,77,78,79). The molecule has 0 radical (unpaired) electrons. The Hall–Kier alpha value is -7.10. The van der Waals surface area contributed by atoms with Crippen LogP contribution >= 0.6 is 11.6 Å². The van der Waals surface area contributed by atoms with Crippen molar-refractivity contribution in [2.45, 2.75) is 70.6 Å². The largest absolute Gasteiger partial charge is 0.545 e. The molecule has 5 heterocycles. The number of alkyl halides is 1. The summed E-state index contributed by atoms with van der Waals surface area (Å²) in [6, 6.07) is 23.8. The van der Waals surface area contributed by atoms with E-state index in [-0.39, 0.29) is 67.6 Å². The number of ether oxygens (including phenoxy) is 4. The number of hydrogen-bond acceptors (Lipinski definition) is 14. The number of carbonyl (C=O) groups is 5. The molecule has 448 valence electrons. The van der Waals surface area contributed by atoms with Gasteiger partial charge in [0.15, 0.2) is 30.3 Å². The molecule has 18 nitrogen and oxygen atoms in total. The van der Waals surface area contributed by atoms with Crippen LogP contribution in [0.3, 0.4) is 0 Å². The zero-order valence-corrected chi connectivity index (χ0v) is 50.5. The molecule has 0 saturated carbocycles. The molecule has 1 aliphatic carbocycles. The van der Waals surface area contributed by atoms with Crippen LogP contribution in [0.2, 0.25) is 13.1 Å². The van der Waals surface area contributed by atoms with E-state index in [1.54, 1.807) is 30.3 Å². The summed E-state index contributed by atoms with van der Waals surface area (Å²) >= 11 is 5.75. The van der Waals surface area contributed by atoms with Gasteiger partial charge in [0.05, 0.1) is 64.3 Å². The summed E-state index contributed by atoms with van der Waals surface area (Å²) in [5, 5.41) is 35.5. The second-order valence-electron chi connectivity index (χ2n) is 22.9. The zero-order valence-electron chi connectivity index (χ0n) is 48.8. The number of carboxylic acid groups (broad SMARTS) is 1. The number of aliphatic imine (C=N–C) groups is 1. The number of amidine groups is 1. The number of aromatic carboxylic acids is 1. The van der Waals surface area contributed by atoms with Crippen molar-refractivity contribution in [3.05, 3.63) is 141 Å². The fraction of sp³-hybridized carbons (Fsp3) is 0.431. The average molecular weight is 1190 g/mol. The lowest BCUT2D eigenvalue weighted by Crippen LogP contribution is -2.52. The Labute approximate surface area is 502 Å². The van der Waals surface area contributed by atoms with Crippen molar-refractivity contribution >= 4 is 94.2 Å². The Bertz CT molecular complexity index is 3360. The molecule has 1 unspecified atom stereocenters. The molecule has 4 N–H and O–H groups in total. The number of Topliss-reactive ketones (excluding diaryl/α,β-unsaturated/α-hetero) is 1. The molecule has 3 amide bonds. The predicted molar refractivity (Wildman–Crippen MR) is 330 cm³/mol. The molecule has 0 aromatic heterocycles. The predicted octanol–water partition coefficient (Wildman–Crippen LogP) is 6.03. The fourth-order valence-electron chi connectivity index (χ4n) is 11.7. The Morgan fingerprint density at radius 1 is 0.776 bits per heavy atom. The highest BCUT2D eigenvalue weighted by Gasteiger charge is 2.52. The molecule has 5 aliphatic heterocycles. The first kappa shape index (κ1) is 61.0. The normalized spacial score (nSPS) is 19.0. The monoisotopic (exact) mass is 1190 g/mol. The first-order valence-corrected chi connectivity index (χ1v) is 33.3. The highest BCUT2D eigenvalue weighted by molar-refractivity contribution is 6.98. The first-order chi connectivity index (χ1) is 41.1. The van der Waals surface area contributed by atoms with E-state index in [0.29, 0.717) is 106 Å². The number of allylic oxidation sites excluding steroid dienone is 5. The molecule has 10 rings (SSSR count). The van der Waals surface area contributed by atoms with E-state index < -0.39 is 19.6 Å². The maximum atomic E-state index is 13.7. The van der Waals surface area contributed by atoms with Gasteiger partial charge in [-0.3, -0.25) is 19.2 Å². The van der Waals surface area contributed by atoms with Gasteiger partial charge in [-0.15, -0.1) is 11.6 Å². The van der Waals surface area contributed by atoms with Gasteiger partial charge < -0.3 is 59.7 Å². The third-order valence-corrected chi connectivity index (χ3v) is 20.5. The number of carbonyl (C=O) groups excluding carboxylic acids is 5. The maximum Gasteiger partial charge on any atom is 0.251 e. The van der Waals surface area contributed by atoms with Crippen molar-refractivity contribution in [2.75, 3.05) is 120 Å². The third kappa shape index (κ3) is 13.8. The van der Waals surface area contributed by atoms with E-state index >= 15 is 0 Å². The SMILES string of the molecule is Cc1ccc2c(c1)C(=O)C1(O)CCN(c3ccc(NC(=O)CCOCCOCCNC(=O)C4C[N+](=C5C=CC6=C(c7cc(C(=O)NCCOCCOCCCCCCCl)ccc7C(=O)[O-])c7ccc(N8CCC8)cc7[Si](C)(C)C6=C5)C4)cc3)C1=N2. The number of nitrogens with zero attached hydrogens (tertiary/aromatic N) is 4. The van der Waals surface area contributed by atoms with Crippen LogP contribution in [0, 0.1) is 12.8 Å². The zero-order chi connectivity index (χ0) is 59.7. The van der Waals surface area contributed by atoms with Crippen LogP contribution in [0.5, 0.6) is 0 Å². The van der Waals surface area contributed by atoms with Crippen LogP contribution < -0.4 is 36.0 Å². The number of halogens is 1. The highest BCUT2D eigenvalue weighted by Crippen LogP contribution is 2.44. The Morgan fingerprint density at radius 2 is 1.48 bits per heavy atom. The second-order valence-corrected chi connectivity index (χ2v) is 27.6. The number of rotatable bonds is 28. The van der Waals surface area contributed by atoms with Crippen LogP contribution in [0.1, 0.15) is 92.7 Å². The van der Waals surface area contributed by atoms with Gasteiger partial charge in [0, 0.05) is 97.5 Å². The fourth-order valence-corrected chi connectivity index (χ4v) is 15.0. The minimum Gasteiger partial charge on any atom is -0.545 e. The number of benzene rings is 4. The number of hydrogen-bond donors (Lipinski definition) is 4. The molecule has 85 heavy (non-hydrogen) atoms. The number of aliphatic hydroxyl groups is 1. The van der Waals surface area contributed by atoms with Crippen molar-refractivity contribution in [2.24, 2.45) is 10.9 Å². The molecule has 4 aromatic carbocycles. The van der Waals surface area contributed by atoms with Crippen LogP contribution in [0.25, 0.3) is 5.57 Å². The molecular formula is C65H76ClN7O11Si. The number of nitrogens with one attached hydrogen (secondary N) is 3. The number of fused-ring (bicyclic) bond motifs is 4. The number of amides is 3. The van der Waals surface area contributed by atoms with Crippen molar-refractivity contribution < 1.29 is 57.7 Å². The lowest BCUT2D eigenvalue weighted by atomic mass is 9.86. The van der Waals surface area contributed by atoms with E-state index in [9.17, 15) is 34.2 Å². The summed E-state index contributed by atoms with van der Waals surface area (Å²) in [6.45, 7) is 13.5. The van der Waals surface area contributed by atoms with Crippen LogP contribution in [-0.4, -0.2) is 169 Å². The summed E-state index contributed by atoms with van der Waals surface area (Å²) in [7, 11) is -2.46. The molecule has 0 bridgehead atoms.